The summed E-state index contributed by atoms with van der Waals surface area (Å²) in [4.78, 5) is 4.23. The number of rotatable bonds is 4. The van der Waals surface area contributed by atoms with Crippen molar-refractivity contribution in [3.05, 3.63) is 72.2 Å². The van der Waals surface area contributed by atoms with E-state index in [2.05, 4.69) is 4.98 Å². The van der Waals surface area contributed by atoms with Crippen LogP contribution in [0.15, 0.2) is 65.2 Å². The first kappa shape index (κ1) is 14.4. The predicted octanol–water partition coefficient (Wildman–Crippen LogP) is 5.09. The van der Waals surface area contributed by atoms with Crippen molar-refractivity contribution in [3.63, 3.8) is 0 Å². The predicted molar refractivity (Wildman–Crippen MR) is 88.7 cm³/mol. The van der Waals surface area contributed by atoms with Crippen molar-refractivity contribution >= 4 is 22.7 Å². The van der Waals surface area contributed by atoms with Crippen molar-refractivity contribution in [2.75, 3.05) is 7.11 Å². The molecule has 0 radical (unpaired) electrons. The van der Waals surface area contributed by atoms with Gasteiger partial charge in [0.25, 0.3) is 0 Å². The number of ether oxygens (including phenoxy) is 1. The Hall–Kier alpha value is -2.52. The van der Waals surface area contributed by atoms with E-state index >= 15 is 0 Å². The summed E-state index contributed by atoms with van der Waals surface area (Å²) in [5.74, 6) is 1.85. The molecule has 4 heteroatoms. The lowest BCUT2D eigenvalue weighted by Crippen LogP contribution is -1.83. The molecule has 0 aliphatic heterocycles. The Morgan fingerprint density at radius 1 is 1.14 bits per heavy atom. The first-order chi connectivity index (χ1) is 10.8. The smallest absolute Gasteiger partial charge is 0.238 e. The molecule has 3 aromatic rings. The Labute approximate surface area is 133 Å². The molecule has 0 bridgehead atoms. The maximum absolute atomic E-state index is 6.30. The number of hydrogen-bond acceptors (Lipinski definition) is 3. The van der Waals surface area contributed by atoms with Crippen molar-refractivity contribution < 1.29 is 9.15 Å². The Kier molecular flexibility index (Phi) is 4.26. The van der Waals surface area contributed by atoms with E-state index in [9.17, 15) is 0 Å². The Morgan fingerprint density at radius 3 is 2.73 bits per heavy atom. The molecule has 0 amide bonds. The van der Waals surface area contributed by atoms with Gasteiger partial charge < -0.3 is 9.15 Å². The molecule has 0 saturated heterocycles. The van der Waals surface area contributed by atoms with Crippen molar-refractivity contribution in [3.8, 4) is 17.1 Å². The monoisotopic (exact) mass is 311 g/mol. The molecule has 0 aliphatic carbocycles. The summed E-state index contributed by atoms with van der Waals surface area (Å²) >= 11 is 6.30. The molecule has 110 valence electrons. The lowest BCUT2D eigenvalue weighted by molar-refractivity contribution is 0.414. The molecule has 22 heavy (non-hydrogen) atoms. The summed E-state index contributed by atoms with van der Waals surface area (Å²) in [5, 5.41) is 0.440. The Bertz CT molecular complexity index is 794. The molecule has 0 spiro atoms. The Morgan fingerprint density at radius 2 is 1.95 bits per heavy atom. The fourth-order valence-electron chi connectivity index (χ4n) is 2.06. The zero-order valence-electron chi connectivity index (χ0n) is 12.0. The standard InChI is InChI=1S/C18H14ClNO2/c1-21-15-9-5-6-13(10-15)11-16(19)18-20-12-17(22-18)14-7-3-2-4-8-14/h2-12H,1H3/b16-11-. The van der Waals surface area contributed by atoms with Crippen LogP contribution in [0.25, 0.3) is 22.4 Å². The van der Waals surface area contributed by atoms with E-state index in [-0.39, 0.29) is 0 Å². The van der Waals surface area contributed by atoms with Gasteiger partial charge >= 0.3 is 0 Å². The van der Waals surface area contributed by atoms with E-state index in [1.54, 1.807) is 19.4 Å². The minimum Gasteiger partial charge on any atom is -0.497 e. The van der Waals surface area contributed by atoms with Gasteiger partial charge in [-0.1, -0.05) is 54.1 Å². The number of benzene rings is 2. The summed E-state index contributed by atoms with van der Waals surface area (Å²) in [6, 6.07) is 17.4. The first-order valence-corrected chi connectivity index (χ1v) is 7.17. The summed E-state index contributed by atoms with van der Waals surface area (Å²) in [6.45, 7) is 0. The van der Waals surface area contributed by atoms with Gasteiger partial charge in [-0.05, 0) is 23.8 Å². The lowest BCUT2D eigenvalue weighted by atomic mass is 10.2. The SMILES string of the molecule is COc1cccc(/C=C(\Cl)c2ncc(-c3ccccc3)o2)c1. The van der Waals surface area contributed by atoms with Crippen molar-refractivity contribution in [1.82, 2.24) is 4.98 Å². The molecular weight excluding hydrogens is 298 g/mol. The number of oxazole rings is 1. The van der Waals surface area contributed by atoms with E-state index in [0.29, 0.717) is 16.7 Å². The number of aromatic nitrogens is 1. The van der Waals surface area contributed by atoms with Gasteiger partial charge in [-0.3, -0.25) is 0 Å². The summed E-state index contributed by atoms with van der Waals surface area (Å²) < 4.78 is 10.9. The zero-order chi connectivity index (χ0) is 15.4. The van der Waals surface area contributed by atoms with E-state index in [1.165, 1.54) is 0 Å². The second-order valence-electron chi connectivity index (χ2n) is 4.66. The highest BCUT2D eigenvalue weighted by Crippen LogP contribution is 2.27. The van der Waals surface area contributed by atoms with Gasteiger partial charge in [0.05, 0.1) is 13.3 Å². The third kappa shape index (κ3) is 3.21. The maximum atomic E-state index is 6.30. The van der Waals surface area contributed by atoms with Crippen LogP contribution >= 0.6 is 11.6 Å². The van der Waals surface area contributed by atoms with Gasteiger partial charge in [0, 0.05) is 5.56 Å². The molecule has 0 aliphatic rings. The van der Waals surface area contributed by atoms with Crippen LogP contribution in [0.3, 0.4) is 0 Å². The van der Waals surface area contributed by atoms with Crippen LogP contribution in [0.4, 0.5) is 0 Å². The molecule has 3 rings (SSSR count). The van der Waals surface area contributed by atoms with Gasteiger partial charge in [-0.2, -0.15) is 0 Å². The van der Waals surface area contributed by atoms with Crippen LogP contribution in [0, 0.1) is 0 Å². The molecular formula is C18H14ClNO2. The zero-order valence-corrected chi connectivity index (χ0v) is 12.7. The third-order valence-electron chi connectivity index (χ3n) is 3.16. The number of hydrogen-bond donors (Lipinski definition) is 0. The van der Waals surface area contributed by atoms with Crippen LogP contribution in [0.2, 0.25) is 0 Å². The van der Waals surface area contributed by atoms with Crippen LogP contribution < -0.4 is 4.74 Å². The van der Waals surface area contributed by atoms with Crippen LogP contribution in [-0.4, -0.2) is 12.1 Å². The Balaban J connectivity index is 1.87. The van der Waals surface area contributed by atoms with Gasteiger partial charge in [0.15, 0.2) is 5.76 Å². The average Bonchev–Trinajstić information content (AvgIpc) is 3.06. The van der Waals surface area contributed by atoms with Gasteiger partial charge in [0.2, 0.25) is 5.89 Å². The molecule has 1 aromatic heterocycles. The quantitative estimate of drug-likeness (QED) is 0.673. The number of nitrogens with zero attached hydrogens (tertiary/aromatic N) is 1. The first-order valence-electron chi connectivity index (χ1n) is 6.79. The van der Waals surface area contributed by atoms with Crippen LogP contribution in [0.1, 0.15) is 11.5 Å². The van der Waals surface area contributed by atoms with E-state index in [1.807, 2.05) is 54.6 Å². The lowest BCUT2D eigenvalue weighted by Gasteiger charge is -2.00. The highest BCUT2D eigenvalue weighted by atomic mass is 35.5. The topological polar surface area (TPSA) is 35.3 Å². The second kappa shape index (κ2) is 6.50. The van der Waals surface area contributed by atoms with Crippen molar-refractivity contribution in [2.24, 2.45) is 0 Å². The molecule has 1 heterocycles. The normalized spacial score (nSPS) is 11.5. The average molecular weight is 312 g/mol. The van der Waals surface area contributed by atoms with Gasteiger partial charge in [0.1, 0.15) is 10.8 Å². The van der Waals surface area contributed by atoms with Crippen LogP contribution in [0.5, 0.6) is 5.75 Å². The summed E-state index contributed by atoms with van der Waals surface area (Å²) in [6.07, 6.45) is 3.47. The second-order valence-corrected chi connectivity index (χ2v) is 5.07. The highest BCUT2D eigenvalue weighted by Gasteiger charge is 2.09. The fourth-order valence-corrected chi connectivity index (χ4v) is 2.27. The molecule has 3 nitrogen and oxygen atoms in total. The van der Waals surface area contributed by atoms with Crippen molar-refractivity contribution in [2.45, 2.75) is 0 Å². The molecule has 0 atom stereocenters. The molecule has 0 N–H and O–H groups in total. The van der Waals surface area contributed by atoms with Crippen molar-refractivity contribution in [1.29, 1.82) is 0 Å². The van der Waals surface area contributed by atoms with Gasteiger partial charge in [-0.25, -0.2) is 4.98 Å². The van der Waals surface area contributed by atoms with E-state index in [0.717, 1.165) is 16.9 Å². The van der Waals surface area contributed by atoms with Crippen LogP contribution in [-0.2, 0) is 0 Å². The third-order valence-corrected chi connectivity index (χ3v) is 3.43. The molecule has 0 fully saturated rings. The highest BCUT2D eigenvalue weighted by molar-refractivity contribution is 6.50. The summed E-state index contributed by atoms with van der Waals surface area (Å²) in [7, 11) is 1.63. The largest absolute Gasteiger partial charge is 0.497 e. The number of methoxy groups -OCH3 is 1. The molecule has 0 unspecified atom stereocenters. The fraction of sp³-hybridized carbons (Fsp3) is 0.0556. The minimum atomic E-state index is 0.392. The number of halogens is 1. The minimum absolute atomic E-state index is 0.392. The summed E-state index contributed by atoms with van der Waals surface area (Å²) in [5.41, 5.74) is 1.89. The van der Waals surface area contributed by atoms with Gasteiger partial charge in [-0.15, -0.1) is 0 Å². The van der Waals surface area contributed by atoms with E-state index < -0.39 is 0 Å². The molecule has 0 saturated carbocycles. The maximum Gasteiger partial charge on any atom is 0.238 e. The van der Waals surface area contributed by atoms with E-state index in [4.69, 9.17) is 20.8 Å². The molecule has 2 aromatic carbocycles.